The van der Waals surface area contributed by atoms with Crippen LogP contribution in [0.25, 0.3) is 0 Å². The highest BCUT2D eigenvalue weighted by Crippen LogP contribution is 2.16. The molecule has 0 aliphatic rings. The van der Waals surface area contributed by atoms with E-state index in [1.807, 2.05) is 0 Å². The van der Waals surface area contributed by atoms with Gasteiger partial charge in [0.05, 0.1) is 54.4 Å². The third-order valence-corrected chi connectivity index (χ3v) is 10.5. The van der Waals surface area contributed by atoms with E-state index in [2.05, 4.69) is 42.0 Å². The molecule has 0 aromatic heterocycles. The van der Waals surface area contributed by atoms with Crippen molar-refractivity contribution in [1.82, 2.24) is 0 Å². The molecule has 266 valence electrons. The third-order valence-electron chi connectivity index (χ3n) is 10.5. The maximum Gasteiger partial charge on any atom is 0.0782 e. The molecule has 2 heteroatoms. The van der Waals surface area contributed by atoms with Crippen LogP contribution >= 0.6 is 0 Å². The first-order valence-electron chi connectivity index (χ1n) is 21.0. The quantitative estimate of drug-likeness (QED) is 0.0477. The van der Waals surface area contributed by atoms with Crippen molar-refractivity contribution < 1.29 is 8.97 Å². The van der Waals surface area contributed by atoms with Crippen molar-refractivity contribution in [3.05, 3.63) is 0 Å². The van der Waals surface area contributed by atoms with Gasteiger partial charge in [-0.15, -0.1) is 0 Å². The van der Waals surface area contributed by atoms with E-state index in [0.29, 0.717) is 0 Å². The predicted molar refractivity (Wildman–Crippen MR) is 203 cm³/mol. The van der Waals surface area contributed by atoms with Gasteiger partial charge in [-0.2, -0.15) is 0 Å². The van der Waals surface area contributed by atoms with E-state index in [0.717, 1.165) is 0 Å². The Labute approximate surface area is 282 Å². The smallest absolute Gasteiger partial charge is 0.0782 e. The standard InChI is InChI=1S/C42H90N2/c1-7-9-11-13-15-17-19-21-23-27-31-35-39-43(3,4)41-37-33-29-25-26-30-34-38-42-44(5,6)40-36-32-28-24-22-20-18-16-14-12-10-8-2/h7-42H2,1-6H3/q+2. The summed E-state index contributed by atoms with van der Waals surface area (Å²) in [6.07, 6.45) is 46.5. The number of rotatable bonds is 37. The summed E-state index contributed by atoms with van der Waals surface area (Å²) in [5.74, 6) is 0. The van der Waals surface area contributed by atoms with Gasteiger partial charge in [0, 0.05) is 0 Å². The zero-order valence-electron chi connectivity index (χ0n) is 32.4. The van der Waals surface area contributed by atoms with Crippen LogP contribution in [0.3, 0.4) is 0 Å². The summed E-state index contributed by atoms with van der Waals surface area (Å²) in [6, 6.07) is 0. The largest absolute Gasteiger partial charge is 0.328 e. The van der Waals surface area contributed by atoms with Crippen LogP contribution in [-0.4, -0.2) is 63.3 Å². The lowest BCUT2D eigenvalue weighted by Gasteiger charge is -2.30. The van der Waals surface area contributed by atoms with Crippen molar-refractivity contribution >= 4 is 0 Å². The van der Waals surface area contributed by atoms with Gasteiger partial charge in [-0.1, -0.05) is 168 Å². The second-order valence-electron chi connectivity index (χ2n) is 16.4. The van der Waals surface area contributed by atoms with Gasteiger partial charge in [0.25, 0.3) is 0 Å². The van der Waals surface area contributed by atoms with E-state index in [1.165, 1.54) is 241 Å². The second kappa shape index (κ2) is 32.8. The Balaban J connectivity index is 3.44. The van der Waals surface area contributed by atoms with Crippen molar-refractivity contribution in [1.29, 1.82) is 0 Å². The van der Waals surface area contributed by atoms with Gasteiger partial charge in [-0.05, 0) is 51.4 Å². The Morgan fingerprint density at radius 2 is 0.341 bits per heavy atom. The van der Waals surface area contributed by atoms with Crippen molar-refractivity contribution in [2.75, 3.05) is 54.4 Å². The van der Waals surface area contributed by atoms with E-state index in [-0.39, 0.29) is 0 Å². The van der Waals surface area contributed by atoms with Gasteiger partial charge in [-0.3, -0.25) is 0 Å². The molecule has 0 amide bonds. The summed E-state index contributed by atoms with van der Waals surface area (Å²) < 4.78 is 2.48. The summed E-state index contributed by atoms with van der Waals surface area (Å²) in [4.78, 5) is 0. The number of nitrogens with zero attached hydrogens (tertiary/aromatic N) is 2. The summed E-state index contributed by atoms with van der Waals surface area (Å²) in [5.41, 5.74) is 0. The van der Waals surface area contributed by atoms with E-state index < -0.39 is 0 Å². The molecule has 0 spiro atoms. The van der Waals surface area contributed by atoms with Gasteiger partial charge in [0.2, 0.25) is 0 Å². The molecule has 0 aromatic carbocycles. The van der Waals surface area contributed by atoms with Crippen molar-refractivity contribution in [3.8, 4) is 0 Å². The minimum Gasteiger partial charge on any atom is -0.328 e. The Kier molecular flexibility index (Phi) is 32.8. The van der Waals surface area contributed by atoms with Crippen LogP contribution in [0, 0.1) is 0 Å². The number of hydrogen-bond acceptors (Lipinski definition) is 0. The highest BCUT2D eigenvalue weighted by atomic mass is 15.3. The minimum atomic E-state index is 1.24. The molecular weight excluding hydrogens is 532 g/mol. The topological polar surface area (TPSA) is 0 Å². The summed E-state index contributed by atoms with van der Waals surface area (Å²) in [6.45, 7) is 10.1. The molecule has 0 saturated heterocycles. The first-order valence-corrected chi connectivity index (χ1v) is 21.0. The molecule has 0 saturated carbocycles. The number of unbranched alkanes of at least 4 members (excludes halogenated alkanes) is 29. The van der Waals surface area contributed by atoms with E-state index >= 15 is 0 Å². The molecule has 44 heavy (non-hydrogen) atoms. The fraction of sp³-hybridized carbons (Fsp3) is 1.00. The van der Waals surface area contributed by atoms with Crippen LogP contribution in [0.1, 0.15) is 219 Å². The van der Waals surface area contributed by atoms with E-state index in [1.54, 1.807) is 0 Å². The maximum absolute atomic E-state index is 2.47. The molecule has 0 aromatic rings. The van der Waals surface area contributed by atoms with Gasteiger partial charge >= 0.3 is 0 Å². The van der Waals surface area contributed by atoms with Crippen LogP contribution in [0.2, 0.25) is 0 Å². The maximum atomic E-state index is 2.47. The van der Waals surface area contributed by atoms with E-state index in [9.17, 15) is 0 Å². The van der Waals surface area contributed by atoms with E-state index in [4.69, 9.17) is 0 Å². The van der Waals surface area contributed by atoms with Gasteiger partial charge < -0.3 is 8.97 Å². The molecule has 0 aliphatic carbocycles. The third kappa shape index (κ3) is 34.8. The number of quaternary nitrogens is 2. The molecule has 0 fully saturated rings. The van der Waals surface area contributed by atoms with Crippen molar-refractivity contribution in [2.24, 2.45) is 0 Å². The Hall–Kier alpha value is -0.0800. The molecular formula is C42H90N2+2. The molecule has 0 N–H and O–H groups in total. The molecule has 0 radical (unpaired) electrons. The van der Waals surface area contributed by atoms with Crippen molar-refractivity contribution in [3.63, 3.8) is 0 Å². The fourth-order valence-electron chi connectivity index (χ4n) is 7.13. The monoisotopic (exact) mass is 623 g/mol. The molecule has 0 heterocycles. The van der Waals surface area contributed by atoms with Crippen LogP contribution in [-0.2, 0) is 0 Å². The molecule has 0 atom stereocenters. The summed E-state index contributed by atoms with van der Waals surface area (Å²) in [7, 11) is 9.88. The molecule has 0 aliphatic heterocycles. The Morgan fingerprint density at radius 1 is 0.205 bits per heavy atom. The zero-order chi connectivity index (χ0) is 32.5. The van der Waals surface area contributed by atoms with Gasteiger partial charge in [-0.25, -0.2) is 0 Å². The average Bonchev–Trinajstić information content (AvgIpc) is 2.99. The highest BCUT2D eigenvalue weighted by molar-refractivity contribution is 4.52. The Morgan fingerprint density at radius 3 is 0.500 bits per heavy atom. The van der Waals surface area contributed by atoms with Crippen LogP contribution in [0.15, 0.2) is 0 Å². The predicted octanol–water partition coefficient (Wildman–Crippen LogP) is 13.7. The molecule has 0 rings (SSSR count). The molecule has 0 bridgehead atoms. The minimum absolute atomic E-state index is 1.24. The zero-order valence-corrected chi connectivity index (χ0v) is 32.4. The average molecular weight is 623 g/mol. The van der Waals surface area contributed by atoms with Gasteiger partial charge in [0.15, 0.2) is 0 Å². The molecule has 2 nitrogen and oxygen atoms in total. The summed E-state index contributed by atoms with van der Waals surface area (Å²) in [5, 5.41) is 0. The number of hydrogen-bond donors (Lipinski definition) is 0. The first kappa shape index (κ1) is 43.9. The molecule has 0 unspecified atom stereocenters. The SMILES string of the molecule is CCCCCCCCCCCCCC[N+](C)(C)CCCCCCCCCC[N+](C)(C)CCCCCCCCCCCCCC. The normalized spacial score (nSPS) is 12.4. The van der Waals surface area contributed by atoms with Gasteiger partial charge in [0.1, 0.15) is 0 Å². The lowest BCUT2D eigenvalue weighted by molar-refractivity contribution is -0.890. The van der Waals surface area contributed by atoms with Crippen LogP contribution in [0.4, 0.5) is 0 Å². The highest BCUT2D eigenvalue weighted by Gasteiger charge is 2.14. The fourth-order valence-corrected chi connectivity index (χ4v) is 7.13. The van der Waals surface area contributed by atoms with Crippen molar-refractivity contribution in [2.45, 2.75) is 219 Å². The second-order valence-corrected chi connectivity index (χ2v) is 16.4. The summed E-state index contributed by atoms with van der Waals surface area (Å²) >= 11 is 0. The van der Waals surface area contributed by atoms with Crippen LogP contribution < -0.4 is 0 Å². The lowest BCUT2D eigenvalue weighted by atomic mass is 10.0. The Bertz CT molecular complexity index is 492. The van der Waals surface area contributed by atoms with Crippen LogP contribution in [0.5, 0.6) is 0 Å². The first-order chi connectivity index (χ1) is 21.3. The lowest BCUT2D eigenvalue weighted by Crippen LogP contribution is -2.41.